The summed E-state index contributed by atoms with van der Waals surface area (Å²) >= 11 is 0. The van der Waals surface area contributed by atoms with Gasteiger partial charge in [0, 0.05) is 11.3 Å². The summed E-state index contributed by atoms with van der Waals surface area (Å²) in [5, 5.41) is 10.4. The zero-order valence-corrected chi connectivity index (χ0v) is 12.0. The maximum Gasteiger partial charge on any atom is 0.291 e. The molecule has 110 valence electrons. The predicted octanol–water partition coefficient (Wildman–Crippen LogP) is 1.50. The number of hydrazone groups is 1. The Balaban J connectivity index is 2.09. The number of benzene rings is 1. The van der Waals surface area contributed by atoms with E-state index in [9.17, 15) is 4.79 Å². The molecule has 0 unspecified atom stereocenters. The zero-order valence-electron chi connectivity index (χ0n) is 12.0. The lowest BCUT2D eigenvalue weighted by Gasteiger charge is -2.09. The first-order chi connectivity index (χ1) is 10.2. The maximum atomic E-state index is 11.8. The largest absolute Gasteiger partial charge is 0.493 e. The van der Waals surface area contributed by atoms with Crippen LogP contribution in [0.3, 0.4) is 0 Å². The van der Waals surface area contributed by atoms with Crippen LogP contribution in [0.15, 0.2) is 29.4 Å². The number of carbonyl (C=O) groups excluding carboxylic acids is 1. The molecule has 0 fully saturated rings. The Kier molecular flexibility index (Phi) is 4.55. The molecule has 1 aromatic heterocycles. The van der Waals surface area contributed by atoms with Crippen molar-refractivity contribution in [2.45, 2.75) is 6.92 Å². The van der Waals surface area contributed by atoms with Crippen molar-refractivity contribution in [2.24, 2.45) is 5.10 Å². The van der Waals surface area contributed by atoms with Crippen molar-refractivity contribution < 1.29 is 14.3 Å². The molecule has 0 aliphatic rings. The van der Waals surface area contributed by atoms with Crippen LogP contribution in [0.2, 0.25) is 0 Å². The fourth-order valence-electron chi connectivity index (χ4n) is 1.77. The summed E-state index contributed by atoms with van der Waals surface area (Å²) in [7, 11) is 3.10. The van der Waals surface area contributed by atoms with Crippen molar-refractivity contribution in [1.29, 1.82) is 0 Å². The molecule has 0 spiro atoms. The number of aromatic amines is 1. The Labute approximate surface area is 122 Å². The van der Waals surface area contributed by atoms with Gasteiger partial charge in [0.15, 0.2) is 17.2 Å². The highest BCUT2D eigenvalue weighted by Gasteiger charge is 2.09. The lowest BCUT2D eigenvalue weighted by Crippen LogP contribution is -2.18. The van der Waals surface area contributed by atoms with Crippen LogP contribution in [-0.4, -0.2) is 36.5 Å². The Morgan fingerprint density at radius 3 is 2.81 bits per heavy atom. The van der Waals surface area contributed by atoms with Gasteiger partial charge >= 0.3 is 0 Å². The van der Waals surface area contributed by atoms with Crippen LogP contribution < -0.4 is 14.9 Å². The van der Waals surface area contributed by atoms with E-state index >= 15 is 0 Å². The van der Waals surface area contributed by atoms with Crippen LogP contribution in [0, 0.1) is 6.92 Å². The third-order valence-corrected chi connectivity index (χ3v) is 2.74. The number of hydrogen-bond acceptors (Lipinski definition) is 5. The molecule has 1 heterocycles. The van der Waals surface area contributed by atoms with Crippen LogP contribution in [-0.2, 0) is 0 Å². The number of nitrogens with one attached hydrogen (secondary N) is 2. The summed E-state index contributed by atoms with van der Waals surface area (Å²) < 4.78 is 10.5. The van der Waals surface area contributed by atoms with E-state index in [0.29, 0.717) is 17.1 Å². The second-order valence-corrected chi connectivity index (χ2v) is 4.22. The number of rotatable bonds is 5. The quantitative estimate of drug-likeness (QED) is 0.644. The summed E-state index contributed by atoms with van der Waals surface area (Å²) in [6, 6.07) is 7.02. The smallest absolute Gasteiger partial charge is 0.291 e. The van der Waals surface area contributed by atoms with Gasteiger partial charge in [-0.2, -0.15) is 10.2 Å². The van der Waals surface area contributed by atoms with Gasteiger partial charge in [-0.05, 0) is 25.1 Å². The standard InChI is InChI=1S/C14H16N4O3/c1-9-7-11(17-16-9)14(19)18-15-8-10-5-4-6-12(20-2)13(10)21-3/h4-8H,1-3H3,(H,16,17)(H,18,19)/b15-8-. The molecule has 1 amide bonds. The molecular weight excluding hydrogens is 272 g/mol. The number of methoxy groups -OCH3 is 2. The number of hydrogen-bond donors (Lipinski definition) is 2. The average Bonchev–Trinajstić information content (AvgIpc) is 2.93. The Morgan fingerprint density at radius 2 is 2.19 bits per heavy atom. The molecule has 0 aliphatic heterocycles. The Bertz CT molecular complexity index is 664. The summed E-state index contributed by atoms with van der Waals surface area (Å²) in [5.41, 5.74) is 4.18. The molecule has 2 aromatic rings. The molecule has 2 rings (SSSR count). The van der Waals surface area contributed by atoms with Crippen LogP contribution in [0.25, 0.3) is 0 Å². The number of aryl methyl sites for hydroxylation is 1. The molecule has 0 aliphatic carbocycles. The van der Waals surface area contributed by atoms with E-state index in [1.807, 2.05) is 13.0 Å². The molecule has 0 radical (unpaired) electrons. The van der Waals surface area contributed by atoms with Crippen LogP contribution >= 0.6 is 0 Å². The minimum atomic E-state index is -0.391. The van der Waals surface area contributed by atoms with E-state index < -0.39 is 5.91 Å². The second kappa shape index (κ2) is 6.56. The van der Waals surface area contributed by atoms with E-state index in [1.54, 1.807) is 32.4 Å². The van der Waals surface area contributed by atoms with Gasteiger partial charge in [-0.1, -0.05) is 6.07 Å². The topological polar surface area (TPSA) is 88.6 Å². The minimum Gasteiger partial charge on any atom is -0.493 e. The molecule has 0 saturated carbocycles. The zero-order chi connectivity index (χ0) is 15.2. The minimum absolute atomic E-state index is 0.280. The van der Waals surface area contributed by atoms with E-state index in [1.165, 1.54) is 6.21 Å². The molecule has 0 atom stereocenters. The van der Waals surface area contributed by atoms with Gasteiger partial charge in [0.2, 0.25) is 0 Å². The highest BCUT2D eigenvalue weighted by atomic mass is 16.5. The Hall–Kier alpha value is -2.83. The van der Waals surface area contributed by atoms with E-state index in [-0.39, 0.29) is 5.69 Å². The van der Waals surface area contributed by atoms with Gasteiger partial charge in [0.25, 0.3) is 5.91 Å². The fraction of sp³-hybridized carbons (Fsp3) is 0.214. The molecule has 0 saturated heterocycles. The first-order valence-corrected chi connectivity index (χ1v) is 6.22. The SMILES string of the molecule is COc1cccc(/C=N\NC(=O)c2cc(C)[nH]n2)c1OC. The molecule has 7 heteroatoms. The van der Waals surface area contributed by atoms with Crippen molar-refractivity contribution in [3.05, 3.63) is 41.2 Å². The van der Waals surface area contributed by atoms with Gasteiger partial charge in [-0.25, -0.2) is 5.43 Å². The van der Waals surface area contributed by atoms with Gasteiger partial charge < -0.3 is 9.47 Å². The van der Waals surface area contributed by atoms with E-state index in [4.69, 9.17) is 9.47 Å². The fourth-order valence-corrected chi connectivity index (χ4v) is 1.77. The van der Waals surface area contributed by atoms with Crippen molar-refractivity contribution in [1.82, 2.24) is 15.6 Å². The lowest BCUT2D eigenvalue weighted by atomic mass is 10.2. The summed E-state index contributed by atoms with van der Waals surface area (Å²) in [5.74, 6) is 0.752. The molecule has 21 heavy (non-hydrogen) atoms. The van der Waals surface area contributed by atoms with Crippen LogP contribution in [0.5, 0.6) is 11.5 Å². The predicted molar refractivity (Wildman–Crippen MR) is 77.9 cm³/mol. The monoisotopic (exact) mass is 288 g/mol. The van der Waals surface area contributed by atoms with Crippen molar-refractivity contribution in [3.8, 4) is 11.5 Å². The summed E-state index contributed by atoms with van der Waals surface area (Å²) in [6.45, 7) is 1.81. The number of carbonyl (C=O) groups is 1. The number of H-pyrrole nitrogens is 1. The number of para-hydroxylation sites is 1. The van der Waals surface area contributed by atoms with Gasteiger partial charge in [0.1, 0.15) is 0 Å². The first-order valence-electron chi connectivity index (χ1n) is 6.22. The highest BCUT2D eigenvalue weighted by Crippen LogP contribution is 2.29. The van der Waals surface area contributed by atoms with Crippen LogP contribution in [0.1, 0.15) is 21.7 Å². The maximum absolute atomic E-state index is 11.8. The van der Waals surface area contributed by atoms with Gasteiger partial charge in [-0.3, -0.25) is 9.89 Å². The average molecular weight is 288 g/mol. The lowest BCUT2D eigenvalue weighted by molar-refractivity contribution is 0.0950. The molecule has 0 bridgehead atoms. The van der Waals surface area contributed by atoms with Crippen molar-refractivity contribution >= 4 is 12.1 Å². The summed E-state index contributed by atoms with van der Waals surface area (Å²) in [6.07, 6.45) is 1.48. The number of aromatic nitrogens is 2. The van der Waals surface area contributed by atoms with E-state index in [0.717, 1.165) is 5.69 Å². The van der Waals surface area contributed by atoms with E-state index in [2.05, 4.69) is 20.7 Å². The van der Waals surface area contributed by atoms with Gasteiger partial charge in [-0.15, -0.1) is 0 Å². The number of amides is 1. The molecule has 1 aromatic carbocycles. The third-order valence-electron chi connectivity index (χ3n) is 2.74. The number of ether oxygens (including phenoxy) is 2. The molecular formula is C14H16N4O3. The third kappa shape index (κ3) is 3.38. The molecule has 2 N–H and O–H groups in total. The van der Waals surface area contributed by atoms with Crippen molar-refractivity contribution in [2.75, 3.05) is 14.2 Å². The highest BCUT2D eigenvalue weighted by molar-refractivity contribution is 5.93. The molecule has 7 nitrogen and oxygen atoms in total. The van der Waals surface area contributed by atoms with Crippen LogP contribution in [0.4, 0.5) is 0 Å². The Morgan fingerprint density at radius 1 is 1.38 bits per heavy atom. The van der Waals surface area contributed by atoms with Gasteiger partial charge in [0.05, 0.1) is 20.4 Å². The first kappa shape index (κ1) is 14.6. The normalized spacial score (nSPS) is 10.6. The van der Waals surface area contributed by atoms with Crippen molar-refractivity contribution in [3.63, 3.8) is 0 Å². The summed E-state index contributed by atoms with van der Waals surface area (Å²) in [4.78, 5) is 11.8. The number of nitrogens with zero attached hydrogens (tertiary/aromatic N) is 2. The second-order valence-electron chi connectivity index (χ2n) is 4.22.